The van der Waals surface area contributed by atoms with Crippen LogP contribution in [0.2, 0.25) is 0 Å². The minimum absolute atomic E-state index is 0.0448. The van der Waals surface area contributed by atoms with Gasteiger partial charge in [0, 0.05) is 24.5 Å². The van der Waals surface area contributed by atoms with Crippen LogP contribution < -0.4 is 14.4 Å². The zero-order valence-corrected chi connectivity index (χ0v) is 19.6. The lowest BCUT2D eigenvalue weighted by Crippen LogP contribution is -2.30. The molecule has 0 saturated carbocycles. The molecule has 0 aliphatic rings. The summed E-state index contributed by atoms with van der Waals surface area (Å²) < 4.78 is 35.1. The third-order valence-corrected chi connectivity index (χ3v) is 7.14. The summed E-state index contributed by atoms with van der Waals surface area (Å²) in [5.41, 5.74) is 2.04. The number of hydrogen-bond acceptors (Lipinski definition) is 5. The maximum atomic E-state index is 13.4. The summed E-state index contributed by atoms with van der Waals surface area (Å²) in [4.78, 5) is 12.9. The number of benzene rings is 3. The maximum absolute atomic E-state index is 13.4. The van der Waals surface area contributed by atoms with Gasteiger partial charge in [-0.1, -0.05) is 18.2 Å². The van der Waals surface area contributed by atoms with E-state index in [4.69, 9.17) is 4.74 Å². The number of carbonyl (C=O) groups is 1. The molecule has 4 rings (SSSR count). The average Bonchev–Trinajstić information content (AvgIpc) is 3.40. The van der Waals surface area contributed by atoms with E-state index >= 15 is 0 Å². The van der Waals surface area contributed by atoms with E-state index in [-0.39, 0.29) is 17.1 Å². The smallest absolute Gasteiger partial charge is 0.264 e. The molecule has 34 heavy (non-hydrogen) atoms. The lowest BCUT2D eigenvalue weighted by Gasteiger charge is -2.23. The Labute approximate surface area is 198 Å². The second kappa shape index (κ2) is 9.80. The Balaban J connectivity index is 1.62. The fourth-order valence-electron chi connectivity index (χ4n) is 3.54. The topological polar surface area (TPSA) is 93.5 Å². The van der Waals surface area contributed by atoms with E-state index in [0.717, 1.165) is 5.69 Å². The first-order chi connectivity index (χ1) is 16.4. The molecule has 8 nitrogen and oxygen atoms in total. The lowest BCUT2D eigenvalue weighted by molar-refractivity contribution is 0.102. The van der Waals surface area contributed by atoms with Crippen molar-refractivity contribution in [2.24, 2.45) is 0 Å². The Kier molecular flexibility index (Phi) is 6.65. The van der Waals surface area contributed by atoms with Gasteiger partial charge in [-0.2, -0.15) is 5.10 Å². The van der Waals surface area contributed by atoms with Crippen LogP contribution in [0.15, 0.2) is 96.2 Å². The molecule has 1 N–H and O–H groups in total. The third kappa shape index (κ3) is 4.65. The monoisotopic (exact) mass is 476 g/mol. The molecule has 0 fully saturated rings. The highest BCUT2D eigenvalue weighted by Gasteiger charge is 2.25. The van der Waals surface area contributed by atoms with Crippen molar-refractivity contribution < 1.29 is 17.9 Å². The molecule has 0 aliphatic heterocycles. The molecule has 0 aliphatic carbocycles. The molecule has 0 atom stereocenters. The number of nitrogens with zero attached hydrogens (tertiary/aromatic N) is 3. The summed E-state index contributed by atoms with van der Waals surface area (Å²) in [5.74, 6) is -0.0431. The highest BCUT2D eigenvalue weighted by molar-refractivity contribution is 7.92. The summed E-state index contributed by atoms with van der Waals surface area (Å²) >= 11 is 0. The number of rotatable bonds is 8. The number of carbonyl (C=O) groups excluding carboxylic acids is 1. The van der Waals surface area contributed by atoms with Crippen LogP contribution in [0.3, 0.4) is 0 Å². The van der Waals surface area contributed by atoms with Gasteiger partial charge in [0.15, 0.2) is 0 Å². The Bertz CT molecular complexity index is 1370. The van der Waals surface area contributed by atoms with Crippen molar-refractivity contribution in [1.82, 2.24) is 9.78 Å². The molecule has 0 spiro atoms. The standard InChI is InChI=1S/C25H24N4O4S/c1-3-29(21-8-5-4-6-9-21)34(31,32)22-14-15-24(33-2)23(18-22)27-25(30)19-10-12-20(13-11-19)28-17-7-16-26-28/h4-18H,3H2,1-2H3,(H,27,30). The van der Waals surface area contributed by atoms with Crippen LogP contribution in [-0.4, -0.2) is 37.8 Å². The van der Waals surface area contributed by atoms with Crippen molar-refractivity contribution in [3.8, 4) is 11.4 Å². The summed E-state index contributed by atoms with van der Waals surface area (Å²) in [5, 5.41) is 6.94. The normalized spacial score (nSPS) is 11.1. The van der Waals surface area contributed by atoms with Gasteiger partial charge in [0.25, 0.3) is 15.9 Å². The number of hydrogen-bond donors (Lipinski definition) is 1. The van der Waals surface area contributed by atoms with Crippen molar-refractivity contribution in [1.29, 1.82) is 0 Å². The highest BCUT2D eigenvalue weighted by atomic mass is 32.2. The predicted molar refractivity (Wildman–Crippen MR) is 131 cm³/mol. The number of methoxy groups -OCH3 is 1. The van der Waals surface area contributed by atoms with Crippen molar-refractivity contribution >= 4 is 27.3 Å². The molecule has 0 radical (unpaired) electrons. The molecule has 1 amide bonds. The number of nitrogens with one attached hydrogen (secondary N) is 1. The lowest BCUT2D eigenvalue weighted by atomic mass is 10.2. The van der Waals surface area contributed by atoms with Gasteiger partial charge in [0.05, 0.1) is 29.1 Å². The second-order valence-corrected chi connectivity index (χ2v) is 9.18. The number of aromatic nitrogens is 2. The van der Waals surface area contributed by atoms with Crippen molar-refractivity contribution in [2.75, 3.05) is 23.3 Å². The fraction of sp³-hybridized carbons (Fsp3) is 0.120. The summed E-state index contributed by atoms with van der Waals surface area (Å²) in [6.07, 6.45) is 3.48. The molecular formula is C25H24N4O4S. The van der Waals surface area contributed by atoms with Crippen LogP contribution in [0.1, 0.15) is 17.3 Å². The Morgan fingerprint density at radius 1 is 1.03 bits per heavy atom. The maximum Gasteiger partial charge on any atom is 0.264 e. The molecule has 4 aromatic rings. The molecule has 1 aromatic heterocycles. The van der Waals surface area contributed by atoms with E-state index in [1.54, 1.807) is 72.5 Å². The van der Waals surface area contributed by atoms with Crippen molar-refractivity contribution in [3.05, 3.63) is 96.8 Å². The quantitative estimate of drug-likeness (QED) is 0.408. The number of amides is 1. The molecule has 9 heteroatoms. The van der Waals surface area contributed by atoms with Gasteiger partial charge in [0.2, 0.25) is 0 Å². The van der Waals surface area contributed by atoms with E-state index in [9.17, 15) is 13.2 Å². The summed E-state index contributed by atoms with van der Waals surface area (Å²) in [6, 6.07) is 22.0. The number of sulfonamides is 1. The average molecular weight is 477 g/mol. The first kappa shape index (κ1) is 23.1. The number of anilines is 2. The SMILES string of the molecule is CCN(c1ccccc1)S(=O)(=O)c1ccc(OC)c(NC(=O)c2ccc(-n3cccn3)cc2)c1. The first-order valence-corrected chi connectivity index (χ1v) is 12.1. The van der Waals surface area contributed by atoms with Gasteiger partial charge in [-0.05, 0) is 67.6 Å². The number of para-hydroxylation sites is 1. The molecule has 1 heterocycles. The minimum Gasteiger partial charge on any atom is -0.495 e. The van der Waals surface area contributed by atoms with Crippen molar-refractivity contribution in [3.63, 3.8) is 0 Å². The van der Waals surface area contributed by atoms with E-state index in [1.165, 1.54) is 29.6 Å². The van der Waals surface area contributed by atoms with E-state index in [1.807, 2.05) is 12.1 Å². The Morgan fingerprint density at radius 3 is 2.38 bits per heavy atom. The van der Waals surface area contributed by atoms with E-state index in [0.29, 0.717) is 17.0 Å². The molecular weight excluding hydrogens is 452 g/mol. The van der Waals surface area contributed by atoms with Crippen LogP contribution in [0.5, 0.6) is 5.75 Å². The summed E-state index contributed by atoms with van der Waals surface area (Å²) in [6.45, 7) is 2.02. The zero-order chi connectivity index (χ0) is 24.1. The van der Waals surface area contributed by atoms with Gasteiger partial charge in [0.1, 0.15) is 5.75 Å². The van der Waals surface area contributed by atoms with Gasteiger partial charge >= 0.3 is 0 Å². The third-order valence-electron chi connectivity index (χ3n) is 5.24. The molecule has 0 bridgehead atoms. The number of ether oxygens (including phenoxy) is 1. The van der Waals surface area contributed by atoms with Gasteiger partial charge in [-0.3, -0.25) is 9.10 Å². The van der Waals surface area contributed by atoms with Crippen LogP contribution in [0.4, 0.5) is 11.4 Å². The fourth-order valence-corrected chi connectivity index (χ4v) is 5.04. The van der Waals surface area contributed by atoms with Crippen LogP contribution >= 0.6 is 0 Å². The van der Waals surface area contributed by atoms with Gasteiger partial charge in [-0.25, -0.2) is 13.1 Å². The predicted octanol–water partition coefficient (Wildman–Crippen LogP) is 4.35. The molecule has 0 unspecified atom stereocenters. The zero-order valence-electron chi connectivity index (χ0n) is 18.8. The highest BCUT2D eigenvalue weighted by Crippen LogP contribution is 2.31. The Hall–Kier alpha value is -4.11. The van der Waals surface area contributed by atoms with Crippen molar-refractivity contribution in [2.45, 2.75) is 11.8 Å². The van der Waals surface area contributed by atoms with Crippen LogP contribution in [-0.2, 0) is 10.0 Å². The largest absolute Gasteiger partial charge is 0.495 e. The summed E-state index contributed by atoms with van der Waals surface area (Å²) in [7, 11) is -2.41. The molecule has 0 saturated heterocycles. The van der Waals surface area contributed by atoms with E-state index < -0.39 is 15.9 Å². The van der Waals surface area contributed by atoms with Gasteiger partial charge in [-0.15, -0.1) is 0 Å². The van der Waals surface area contributed by atoms with Crippen LogP contribution in [0, 0.1) is 0 Å². The first-order valence-electron chi connectivity index (χ1n) is 10.6. The van der Waals surface area contributed by atoms with Gasteiger partial charge < -0.3 is 10.1 Å². The second-order valence-electron chi connectivity index (χ2n) is 7.32. The van der Waals surface area contributed by atoms with Crippen LogP contribution in [0.25, 0.3) is 5.69 Å². The molecule has 3 aromatic carbocycles. The van der Waals surface area contributed by atoms with E-state index in [2.05, 4.69) is 10.4 Å². The Morgan fingerprint density at radius 2 is 1.76 bits per heavy atom. The molecule has 174 valence electrons. The minimum atomic E-state index is -3.87.